The summed E-state index contributed by atoms with van der Waals surface area (Å²) in [5, 5.41) is 1.77. The summed E-state index contributed by atoms with van der Waals surface area (Å²) < 4.78 is 23.2. The van der Waals surface area contributed by atoms with Gasteiger partial charge < -0.3 is 9.47 Å². The highest BCUT2D eigenvalue weighted by atomic mass is 19.1. The molecule has 1 N–H and O–H groups in total. The Morgan fingerprint density at radius 3 is 3.22 bits per heavy atom. The lowest BCUT2D eigenvalue weighted by Crippen LogP contribution is -2.45. The zero-order valence-corrected chi connectivity index (χ0v) is 9.64. The average molecular weight is 250 g/mol. The fourth-order valence-corrected chi connectivity index (χ4v) is 2.08. The van der Waals surface area contributed by atoms with E-state index in [2.05, 4.69) is 10.2 Å². The first kappa shape index (κ1) is 10.9. The van der Waals surface area contributed by atoms with Gasteiger partial charge >= 0.3 is 5.97 Å². The molecule has 2 aliphatic heterocycles. The largest absolute Gasteiger partial charge is 0.489 e. The predicted molar refractivity (Wildman–Crippen MR) is 61.4 cm³/mol. The first-order chi connectivity index (χ1) is 8.69. The van der Waals surface area contributed by atoms with Crippen LogP contribution in [0.3, 0.4) is 0 Å². The minimum atomic E-state index is -0.437. The van der Waals surface area contributed by atoms with Gasteiger partial charge in [0.1, 0.15) is 35.6 Å². The lowest BCUT2D eigenvalue weighted by molar-refractivity contribution is -0.136. The summed E-state index contributed by atoms with van der Waals surface area (Å²) in [4.78, 5) is 11.4. The van der Waals surface area contributed by atoms with E-state index in [1.54, 1.807) is 17.2 Å². The van der Waals surface area contributed by atoms with Gasteiger partial charge in [-0.25, -0.2) is 9.18 Å². The number of methoxy groups -OCH3 is 1. The molecule has 2 heterocycles. The van der Waals surface area contributed by atoms with E-state index in [0.29, 0.717) is 23.7 Å². The molecule has 1 atom stereocenters. The van der Waals surface area contributed by atoms with Crippen LogP contribution in [-0.4, -0.2) is 25.7 Å². The molecule has 1 aromatic rings. The van der Waals surface area contributed by atoms with Gasteiger partial charge in [0.15, 0.2) is 0 Å². The third-order valence-electron chi connectivity index (χ3n) is 2.93. The molecule has 0 aromatic heterocycles. The molecule has 0 spiro atoms. The summed E-state index contributed by atoms with van der Waals surface area (Å²) in [5.74, 6) is -0.334. The summed E-state index contributed by atoms with van der Waals surface area (Å²) in [6, 6.07) is 4.18. The van der Waals surface area contributed by atoms with Gasteiger partial charge in [0.2, 0.25) is 0 Å². The van der Waals surface area contributed by atoms with E-state index in [4.69, 9.17) is 4.74 Å². The van der Waals surface area contributed by atoms with E-state index in [1.807, 2.05) is 0 Å². The fourth-order valence-electron chi connectivity index (χ4n) is 2.08. The van der Waals surface area contributed by atoms with Crippen molar-refractivity contribution in [2.45, 2.75) is 6.04 Å². The van der Waals surface area contributed by atoms with Crippen LogP contribution >= 0.6 is 0 Å². The zero-order valence-electron chi connectivity index (χ0n) is 9.64. The topological polar surface area (TPSA) is 50.8 Å². The number of fused-ring (bicyclic) bond motifs is 3. The fraction of sp³-hybridized carbons (Fsp3) is 0.250. The Labute approximate surface area is 103 Å². The number of nitrogens with zero attached hydrogens (tertiary/aromatic N) is 1. The number of hydrogen-bond donors (Lipinski definition) is 1. The molecular weight excluding hydrogens is 239 g/mol. The monoisotopic (exact) mass is 250 g/mol. The van der Waals surface area contributed by atoms with E-state index in [1.165, 1.54) is 19.2 Å². The number of anilines is 1. The van der Waals surface area contributed by atoms with Gasteiger partial charge in [-0.3, -0.25) is 10.4 Å². The van der Waals surface area contributed by atoms with Crippen LogP contribution in [0.25, 0.3) is 0 Å². The number of rotatable bonds is 1. The molecular formula is C12H11FN2O3. The Morgan fingerprint density at radius 2 is 2.44 bits per heavy atom. The number of benzene rings is 1. The SMILES string of the molecule is COC(=O)C1=CC2COc3cc(F)ccc3N2N1. The number of hydrogen-bond acceptors (Lipinski definition) is 5. The second kappa shape index (κ2) is 3.90. The van der Waals surface area contributed by atoms with Crippen LogP contribution in [0.1, 0.15) is 0 Å². The maximum Gasteiger partial charge on any atom is 0.355 e. The van der Waals surface area contributed by atoms with Crippen molar-refractivity contribution in [1.29, 1.82) is 0 Å². The van der Waals surface area contributed by atoms with E-state index >= 15 is 0 Å². The lowest BCUT2D eigenvalue weighted by Gasteiger charge is -2.33. The quantitative estimate of drug-likeness (QED) is 0.753. The predicted octanol–water partition coefficient (Wildman–Crippen LogP) is 0.968. The number of hydrazine groups is 1. The number of ether oxygens (including phenoxy) is 2. The minimum absolute atomic E-state index is 0.0999. The number of carbonyl (C=O) groups excluding carboxylic acids is 1. The average Bonchev–Trinajstić information content (AvgIpc) is 2.81. The van der Waals surface area contributed by atoms with Gasteiger partial charge in [0.25, 0.3) is 0 Å². The lowest BCUT2D eigenvalue weighted by atomic mass is 10.2. The Morgan fingerprint density at radius 1 is 1.61 bits per heavy atom. The normalized spacial score (nSPS) is 20.2. The maximum atomic E-state index is 13.1. The van der Waals surface area contributed by atoms with E-state index in [0.717, 1.165) is 0 Å². The number of carbonyl (C=O) groups is 1. The molecule has 94 valence electrons. The summed E-state index contributed by atoms with van der Waals surface area (Å²) in [7, 11) is 1.32. The molecule has 0 saturated carbocycles. The van der Waals surface area contributed by atoms with Crippen LogP contribution in [0.2, 0.25) is 0 Å². The summed E-state index contributed by atoms with van der Waals surface area (Å²) >= 11 is 0. The van der Waals surface area contributed by atoms with Gasteiger partial charge in [0.05, 0.1) is 7.11 Å². The second-order valence-corrected chi connectivity index (χ2v) is 4.04. The molecule has 0 saturated heterocycles. The summed E-state index contributed by atoms with van der Waals surface area (Å²) in [5.41, 5.74) is 4.00. The van der Waals surface area contributed by atoms with Crippen LogP contribution in [0.4, 0.5) is 10.1 Å². The molecule has 2 aliphatic rings. The van der Waals surface area contributed by atoms with Crippen molar-refractivity contribution in [3.63, 3.8) is 0 Å². The highest BCUT2D eigenvalue weighted by Crippen LogP contribution is 2.35. The van der Waals surface area contributed by atoms with Crippen molar-refractivity contribution in [3.8, 4) is 5.75 Å². The first-order valence-corrected chi connectivity index (χ1v) is 5.47. The molecule has 6 heteroatoms. The molecule has 3 rings (SSSR count). The van der Waals surface area contributed by atoms with Crippen LogP contribution in [0, 0.1) is 5.82 Å². The van der Waals surface area contributed by atoms with Gasteiger partial charge in [-0.05, 0) is 18.2 Å². The molecule has 1 unspecified atom stereocenters. The molecule has 18 heavy (non-hydrogen) atoms. The van der Waals surface area contributed by atoms with Crippen molar-refractivity contribution >= 4 is 11.7 Å². The highest BCUT2D eigenvalue weighted by molar-refractivity contribution is 5.89. The van der Waals surface area contributed by atoms with Gasteiger partial charge in [-0.15, -0.1) is 0 Å². The van der Waals surface area contributed by atoms with Crippen LogP contribution in [0.5, 0.6) is 5.75 Å². The smallest absolute Gasteiger partial charge is 0.355 e. The summed E-state index contributed by atoms with van der Waals surface area (Å²) in [6.07, 6.45) is 1.73. The van der Waals surface area contributed by atoms with Crippen molar-refractivity contribution in [1.82, 2.24) is 5.43 Å². The van der Waals surface area contributed by atoms with Crippen LogP contribution < -0.4 is 15.2 Å². The molecule has 0 aliphatic carbocycles. The van der Waals surface area contributed by atoms with Crippen molar-refractivity contribution in [2.24, 2.45) is 0 Å². The highest BCUT2D eigenvalue weighted by Gasteiger charge is 2.34. The maximum absolute atomic E-state index is 13.1. The minimum Gasteiger partial charge on any atom is -0.489 e. The molecule has 0 amide bonds. The van der Waals surface area contributed by atoms with Crippen molar-refractivity contribution < 1.29 is 18.7 Å². The Kier molecular flexibility index (Phi) is 2.36. The van der Waals surface area contributed by atoms with Gasteiger partial charge in [-0.2, -0.15) is 0 Å². The molecule has 0 fully saturated rings. The van der Waals surface area contributed by atoms with E-state index in [-0.39, 0.29) is 11.9 Å². The summed E-state index contributed by atoms with van der Waals surface area (Å²) in [6.45, 7) is 0.351. The Bertz CT molecular complexity index is 544. The molecule has 1 aromatic carbocycles. The third kappa shape index (κ3) is 1.57. The molecule has 0 bridgehead atoms. The Balaban J connectivity index is 1.92. The third-order valence-corrected chi connectivity index (χ3v) is 2.93. The number of esters is 1. The number of nitrogens with one attached hydrogen (secondary N) is 1. The second-order valence-electron chi connectivity index (χ2n) is 4.04. The first-order valence-electron chi connectivity index (χ1n) is 5.47. The van der Waals surface area contributed by atoms with E-state index in [9.17, 15) is 9.18 Å². The molecule has 0 radical (unpaired) electrons. The van der Waals surface area contributed by atoms with Gasteiger partial charge in [-0.1, -0.05) is 0 Å². The van der Waals surface area contributed by atoms with Crippen LogP contribution in [0.15, 0.2) is 30.0 Å². The van der Waals surface area contributed by atoms with Crippen LogP contribution in [-0.2, 0) is 9.53 Å². The Hall–Kier alpha value is -2.24. The number of halogens is 1. The molecule has 5 nitrogen and oxygen atoms in total. The zero-order chi connectivity index (χ0) is 12.7. The van der Waals surface area contributed by atoms with Crippen molar-refractivity contribution in [2.75, 3.05) is 18.7 Å². The van der Waals surface area contributed by atoms with Crippen molar-refractivity contribution in [3.05, 3.63) is 35.8 Å². The van der Waals surface area contributed by atoms with Gasteiger partial charge in [0, 0.05) is 6.07 Å². The standard InChI is InChI=1S/C12H11FN2O3/c1-17-12(16)9-5-8-6-18-11-4-7(13)2-3-10(11)15(8)14-9/h2-5,8,14H,6H2,1H3. The van der Waals surface area contributed by atoms with E-state index < -0.39 is 5.97 Å².